The Balaban J connectivity index is 0.997. The normalized spacial score (nSPS) is 33.3. The molecule has 366 valence electrons. The molecule has 0 saturated heterocycles. The van der Waals surface area contributed by atoms with Crippen LogP contribution >= 0.6 is 0 Å². The van der Waals surface area contributed by atoms with Gasteiger partial charge in [-0.25, -0.2) is 0 Å². The number of carbonyl (C=O) groups is 2. The van der Waals surface area contributed by atoms with Gasteiger partial charge in [-0.15, -0.1) is 0 Å². The number of nitrogens with zero attached hydrogens (tertiary/aromatic N) is 3. The van der Waals surface area contributed by atoms with Crippen LogP contribution in [0.2, 0.25) is 0 Å². The zero-order chi connectivity index (χ0) is 48.4. The minimum Gasteiger partial charge on any atom is -0.456 e. The fourth-order valence-corrected chi connectivity index (χ4v) is 17.0. The Morgan fingerprint density at radius 1 is 0.750 bits per heavy atom. The number of aliphatic hydroxyl groups is 1. The van der Waals surface area contributed by atoms with Crippen LogP contribution < -0.4 is 19.9 Å². The zero-order valence-electron chi connectivity index (χ0n) is 43.5. The number of amides is 2. The van der Waals surface area contributed by atoms with Crippen LogP contribution in [-0.4, -0.2) is 67.2 Å². The molecule has 0 radical (unpaired) electrons. The number of benzene rings is 3. The van der Waals surface area contributed by atoms with Gasteiger partial charge in [0.05, 0.1) is 11.5 Å². The number of aliphatic hydroxyl groups excluding tert-OH is 1. The van der Waals surface area contributed by atoms with Crippen molar-refractivity contribution >= 4 is 23.2 Å². The molecule has 5 aliphatic carbocycles. The predicted octanol–water partition coefficient (Wildman–Crippen LogP) is 12.5. The highest BCUT2D eigenvalue weighted by atomic mass is 16.5. The minimum absolute atomic E-state index is 0.00619. The van der Waals surface area contributed by atoms with E-state index in [2.05, 4.69) is 151 Å². The van der Waals surface area contributed by atoms with Gasteiger partial charge in [-0.2, -0.15) is 0 Å². The topological polar surface area (TPSA) is 85.4 Å². The van der Waals surface area contributed by atoms with Gasteiger partial charge in [0.2, 0.25) is 5.91 Å². The molecule has 68 heavy (non-hydrogen) atoms. The molecule has 3 aromatic carbocycles. The van der Waals surface area contributed by atoms with Gasteiger partial charge in [-0.3, -0.25) is 9.59 Å². The van der Waals surface area contributed by atoms with Crippen LogP contribution in [-0.2, 0) is 10.3 Å². The minimum atomic E-state index is -0.951. The summed E-state index contributed by atoms with van der Waals surface area (Å²) in [5.74, 6) is 2.91. The Labute approximate surface area is 408 Å². The van der Waals surface area contributed by atoms with Crippen LogP contribution in [0.5, 0.6) is 11.5 Å². The second-order valence-electron chi connectivity index (χ2n) is 24.5. The molecule has 2 heterocycles. The maximum absolute atomic E-state index is 15.5. The van der Waals surface area contributed by atoms with Crippen LogP contribution in [0.4, 0.5) is 11.4 Å². The van der Waals surface area contributed by atoms with Gasteiger partial charge in [0, 0.05) is 79.5 Å². The molecule has 4 saturated carbocycles. The molecule has 7 aliphatic rings. The lowest BCUT2D eigenvalue weighted by Crippen LogP contribution is -2.65. The molecule has 8 nitrogen and oxygen atoms in total. The average molecular weight is 923 g/mol. The highest BCUT2D eigenvalue weighted by Gasteiger charge is 2.69. The van der Waals surface area contributed by atoms with E-state index in [1.165, 1.54) is 6.42 Å². The number of ether oxygens (including phenoxy) is 1. The number of carbonyl (C=O) groups excluding carboxylic acids is 2. The molecule has 2 aliphatic heterocycles. The van der Waals surface area contributed by atoms with Crippen molar-refractivity contribution in [1.82, 2.24) is 10.2 Å². The molecule has 8 atom stereocenters. The molecule has 10 rings (SSSR count). The number of fused-ring (bicyclic) bond motifs is 13. The molecule has 0 aromatic heterocycles. The number of rotatable bonds is 10. The third kappa shape index (κ3) is 6.45. The number of hydrogen-bond acceptors (Lipinski definition) is 6. The van der Waals surface area contributed by atoms with E-state index in [9.17, 15) is 5.11 Å². The van der Waals surface area contributed by atoms with E-state index < -0.39 is 11.0 Å². The first kappa shape index (κ1) is 47.4. The van der Waals surface area contributed by atoms with E-state index in [0.29, 0.717) is 30.5 Å². The van der Waals surface area contributed by atoms with Crippen LogP contribution in [0.1, 0.15) is 167 Å². The van der Waals surface area contributed by atoms with Gasteiger partial charge in [0.15, 0.2) is 0 Å². The van der Waals surface area contributed by atoms with E-state index in [-0.39, 0.29) is 50.9 Å². The van der Waals surface area contributed by atoms with Crippen molar-refractivity contribution in [3.8, 4) is 11.5 Å². The van der Waals surface area contributed by atoms with Gasteiger partial charge >= 0.3 is 0 Å². The van der Waals surface area contributed by atoms with Crippen LogP contribution in [0.15, 0.2) is 72.3 Å². The van der Waals surface area contributed by atoms with Crippen molar-refractivity contribution < 1.29 is 19.4 Å². The van der Waals surface area contributed by atoms with E-state index in [0.717, 1.165) is 124 Å². The standard InChI is InChI=1S/C60H82N4O4/c1-12-62(13-2)39-20-22-44-47(36-39)68-48-37-40(63(14-3)15-4)21-23-45(48)60(44)42-19-17-16-18-41(42)52(66)64(60)35-34-61-53(67)59-32-30-54(5,6)38-46(59)43-24-25-50-56(9)28-27-51(65)55(7,8)49(56)26-29-58(50,11)57(43,10)31-33-59/h16-24,36-37,46,49-51,65H,12-15,25-35,38H2,1-11H3,(H,61,67)/t46-,49+,50-,51+,56+,57-,58-,59+/m1/s1. The number of nitrogens with one attached hydrogen (secondary N) is 1. The molecule has 4 fully saturated rings. The number of anilines is 2. The Kier molecular flexibility index (Phi) is 11.4. The molecule has 0 bridgehead atoms. The van der Waals surface area contributed by atoms with E-state index >= 15 is 9.59 Å². The summed E-state index contributed by atoms with van der Waals surface area (Å²) in [6.45, 7) is 30.2. The quantitative estimate of drug-likeness (QED) is 0.197. The molecule has 0 unspecified atom stereocenters. The van der Waals surface area contributed by atoms with E-state index in [1.807, 2.05) is 12.1 Å². The number of allylic oxidation sites excluding steroid dienone is 2. The maximum Gasteiger partial charge on any atom is 0.255 e. The van der Waals surface area contributed by atoms with Crippen molar-refractivity contribution in [3.63, 3.8) is 0 Å². The van der Waals surface area contributed by atoms with Crippen molar-refractivity contribution in [2.75, 3.05) is 49.1 Å². The molecule has 8 heteroatoms. The summed E-state index contributed by atoms with van der Waals surface area (Å²) in [6, 6.07) is 21.2. The second-order valence-corrected chi connectivity index (χ2v) is 24.5. The van der Waals surface area contributed by atoms with Gasteiger partial charge in [-0.05, 0) is 160 Å². The largest absolute Gasteiger partial charge is 0.456 e. The van der Waals surface area contributed by atoms with Gasteiger partial charge in [0.25, 0.3) is 5.91 Å². The third-order valence-corrected chi connectivity index (χ3v) is 21.1. The summed E-state index contributed by atoms with van der Waals surface area (Å²) in [6.07, 6.45) is 12.6. The van der Waals surface area contributed by atoms with Crippen LogP contribution in [0.25, 0.3) is 0 Å². The maximum atomic E-state index is 15.5. The second kappa shape index (κ2) is 16.4. The molecular formula is C60H82N4O4. The zero-order valence-corrected chi connectivity index (χ0v) is 43.5. The van der Waals surface area contributed by atoms with Crippen molar-refractivity contribution in [2.45, 2.75) is 152 Å². The van der Waals surface area contributed by atoms with Crippen molar-refractivity contribution in [3.05, 3.63) is 94.6 Å². The first-order valence-electron chi connectivity index (χ1n) is 26.9. The molecule has 3 aromatic rings. The highest BCUT2D eigenvalue weighted by Crippen LogP contribution is 2.76. The summed E-state index contributed by atoms with van der Waals surface area (Å²) in [4.78, 5) is 37.4. The first-order chi connectivity index (χ1) is 32.3. The van der Waals surface area contributed by atoms with E-state index in [1.54, 1.807) is 5.57 Å². The summed E-state index contributed by atoms with van der Waals surface area (Å²) in [5, 5.41) is 14.9. The molecular weight excluding hydrogens is 841 g/mol. The summed E-state index contributed by atoms with van der Waals surface area (Å²) in [5.41, 5.74) is 6.23. The average Bonchev–Trinajstić information content (AvgIpc) is 3.55. The fourth-order valence-electron chi connectivity index (χ4n) is 17.0. The van der Waals surface area contributed by atoms with Crippen LogP contribution in [0.3, 0.4) is 0 Å². The van der Waals surface area contributed by atoms with E-state index in [4.69, 9.17) is 4.74 Å². The lowest BCUT2D eigenvalue weighted by Gasteiger charge is -2.71. The third-order valence-electron chi connectivity index (χ3n) is 21.1. The SMILES string of the molecule is CCN(CC)c1ccc2c(c1)Oc1cc(N(CC)CC)ccc1C21c2ccccc2C(=O)N1CCNC(=O)[C@]12CCC(C)(C)C[C@@H]1C1=CC[C@@H]3[C@@]4(C)CC[C@H](O)C(C)(C)[C@@H]4CC[C@@]3(C)[C@]1(C)CC2. The lowest BCUT2D eigenvalue weighted by molar-refractivity contribution is -0.203. The Morgan fingerprint density at radius 3 is 2.00 bits per heavy atom. The van der Waals surface area contributed by atoms with Gasteiger partial charge < -0.3 is 29.9 Å². The van der Waals surface area contributed by atoms with Gasteiger partial charge in [0.1, 0.15) is 17.0 Å². The summed E-state index contributed by atoms with van der Waals surface area (Å²) in [7, 11) is 0. The molecule has 2 N–H and O–H groups in total. The van der Waals surface area contributed by atoms with Gasteiger partial charge in [-0.1, -0.05) is 90.4 Å². The highest BCUT2D eigenvalue weighted by molar-refractivity contribution is 6.02. The number of hydrogen-bond donors (Lipinski definition) is 2. The van der Waals surface area contributed by atoms with Crippen molar-refractivity contribution in [1.29, 1.82) is 0 Å². The molecule has 2 amide bonds. The smallest absolute Gasteiger partial charge is 0.255 e. The fraction of sp³-hybridized carbons (Fsp3) is 0.633. The summed E-state index contributed by atoms with van der Waals surface area (Å²) < 4.78 is 6.98. The Hall–Kier alpha value is -4.30. The van der Waals surface area contributed by atoms with Crippen molar-refractivity contribution in [2.24, 2.45) is 50.2 Å². The first-order valence-corrected chi connectivity index (χ1v) is 26.9. The Morgan fingerprint density at radius 2 is 1.37 bits per heavy atom. The Bertz CT molecular complexity index is 2460. The monoisotopic (exact) mass is 923 g/mol. The van der Waals surface area contributed by atoms with Crippen LogP contribution in [0, 0.1) is 50.2 Å². The summed E-state index contributed by atoms with van der Waals surface area (Å²) >= 11 is 0. The predicted molar refractivity (Wildman–Crippen MR) is 275 cm³/mol. The molecule has 1 spiro atoms. The lowest BCUT2D eigenvalue weighted by atomic mass is 9.33.